The Kier molecular flexibility index (Phi) is 4.78. The van der Waals surface area contributed by atoms with E-state index in [0.717, 1.165) is 10.6 Å². The zero-order chi connectivity index (χ0) is 14.4. The van der Waals surface area contributed by atoms with E-state index in [4.69, 9.17) is 4.74 Å². The molecule has 2 heterocycles. The fourth-order valence-electron chi connectivity index (χ4n) is 1.48. The number of esters is 1. The Labute approximate surface area is 120 Å². The second-order valence-electron chi connectivity index (χ2n) is 3.62. The van der Waals surface area contributed by atoms with E-state index in [2.05, 4.69) is 20.0 Å². The maximum absolute atomic E-state index is 11.8. The summed E-state index contributed by atoms with van der Waals surface area (Å²) in [5, 5.41) is 6.17. The van der Waals surface area contributed by atoms with Crippen molar-refractivity contribution < 1.29 is 14.4 Å². The molecular weight excluding hydrogens is 278 g/mol. The van der Waals surface area contributed by atoms with Gasteiger partial charge in [-0.1, -0.05) is 5.16 Å². The van der Waals surface area contributed by atoms with Crippen molar-refractivity contribution in [3.8, 4) is 10.6 Å². The van der Waals surface area contributed by atoms with Crippen molar-refractivity contribution >= 4 is 23.0 Å². The van der Waals surface area contributed by atoms with E-state index in [1.807, 2.05) is 12.1 Å². The van der Waals surface area contributed by atoms with Crippen LogP contribution in [0.2, 0.25) is 0 Å². The van der Waals surface area contributed by atoms with Crippen LogP contribution in [0.1, 0.15) is 12.6 Å². The van der Waals surface area contributed by atoms with Crippen LogP contribution in [0, 0.1) is 0 Å². The predicted molar refractivity (Wildman–Crippen MR) is 75.5 cm³/mol. The molecule has 2 aromatic rings. The summed E-state index contributed by atoms with van der Waals surface area (Å²) in [4.78, 5) is 24.9. The Morgan fingerprint density at radius 1 is 1.50 bits per heavy atom. The second-order valence-corrected chi connectivity index (χ2v) is 4.48. The topological polar surface area (TPSA) is 73.7 Å². The number of aromatic nitrogens is 2. The van der Waals surface area contributed by atoms with Gasteiger partial charge in [0.2, 0.25) is 5.71 Å². The summed E-state index contributed by atoms with van der Waals surface area (Å²) in [6.07, 6.45) is 3.40. The first-order chi connectivity index (χ1) is 9.76. The number of hydrogen-bond donors (Lipinski definition) is 0. The zero-order valence-corrected chi connectivity index (χ0v) is 11.9. The third-order valence-electron chi connectivity index (χ3n) is 2.31. The van der Waals surface area contributed by atoms with Gasteiger partial charge in [0.1, 0.15) is 17.8 Å². The lowest BCUT2D eigenvalue weighted by molar-refractivity contribution is -0.135. The molecule has 0 saturated carbocycles. The second kappa shape index (κ2) is 6.76. The van der Waals surface area contributed by atoms with Gasteiger partial charge in [0.15, 0.2) is 0 Å². The number of nitrogens with zero attached hydrogens (tertiary/aromatic N) is 3. The van der Waals surface area contributed by atoms with Crippen molar-refractivity contribution in [1.29, 1.82) is 0 Å². The van der Waals surface area contributed by atoms with Crippen LogP contribution < -0.4 is 0 Å². The average molecular weight is 291 g/mol. The number of rotatable bonds is 5. The summed E-state index contributed by atoms with van der Waals surface area (Å²) in [5.74, 6) is -0.558. The van der Waals surface area contributed by atoms with Crippen molar-refractivity contribution in [2.45, 2.75) is 6.92 Å². The molecule has 104 valence electrons. The molecule has 0 saturated heterocycles. The molecule has 0 aliphatic heterocycles. The highest BCUT2D eigenvalue weighted by Gasteiger charge is 2.20. The van der Waals surface area contributed by atoms with Gasteiger partial charge < -0.3 is 9.57 Å². The van der Waals surface area contributed by atoms with Gasteiger partial charge in [0, 0.05) is 23.3 Å². The molecule has 0 bridgehead atoms. The van der Waals surface area contributed by atoms with Gasteiger partial charge in [-0.15, -0.1) is 11.3 Å². The van der Waals surface area contributed by atoms with Gasteiger partial charge in [0.25, 0.3) is 0 Å². The smallest absolute Gasteiger partial charge is 0.362 e. The minimum atomic E-state index is -0.558. The molecule has 0 aliphatic carbocycles. The van der Waals surface area contributed by atoms with Crippen LogP contribution in [0.25, 0.3) is 10.6 Å². The molecule has 0 N–H and O–H groups in total. The Balaban J connectivity index is 2.30. The SMILES string of the molecule is CCOC(=O)/C(=N\OC)c1csc(-c2cccnc2)n1. The molecule has 0 fully saturated rings. The zero-order valence-electron chi connectivity index (χ0n) is 11.1. The van der Waals surface area contributed by atoms with Gasteiger partial charge >= 0.3 is 5.97 Å². The number of ether oxygens (including phenoxy) is 1. The van der Waals surface area contributed by atoms with Crippen molar-refractivity contribution in [2.24, 2.45) is 5.16 Å². The number of carbonyl (C=O) groups is 1. The summed E-state index contributed by atoms with van der Waals surface area (Å²) in [6.45, 7) is 1.99. The molecule has 0 radical (unpaired) electrons. The number of thiazole rings is 1. The largest absolute Gasteiger partial charge is 0.461 e. The first-order valence-electron chi connectivity index (χ1n) is 5.90. The fourth-order valence-corrected chi connectivity index (χ4v) is 2.28. The quantitative estimate of drug-likeness (QED) is 0.479. The molecule has 7 heteroatoms. The molecular formula is C13H13N3O3S. The van der Waals surface area contributed by atoms with E-state index < -0.39 is 5.97 Å². The molecule has 2 aromatic heterocycles. The van der Waals surface area contributed by atoms with Crippen LogP contribution in [0.4, 0.5) is 0 Å². The van der Waals surface area contributed by atoms with Crippen molar-refractivity contribution in [1.82, 2.24) is 9.97 Å². The first kappa shape index (κ1) is 14.1. The monoisotopic (exact) mass is 291 g/mol. The minimum absolute atomic E-state index is 0.0562. The van der Waals surface area contributed by atoms with Crippen LogP contribution in [0.15, 0.2) is 35.1 Å². The molecule has 0 unspecified atom stereocenters. The fraction of sp³-hybridized carbons (Fsp3) is 0.231. The van der Waals surface area contributed by atoms with Crippen LogP contribution in [0.5, 0.6) is 0 Å². The highest BCUT2D eigenvalue weighted by molar-refractivity contribution is 7.13. The third kappa shape index (κ3) is 3.18. The average Bonchev–Trinajstić information content (AvgIpc) is 2.95. The van der Waals surface area contributed by atoms with Gasteiger partial charge in [-0.25, -0.2) is 9.78 Å². The first-order valence-corrected chi connectivity index (χ1v) is 6.78. The maximum atomic E-state index is 11.8. The lowest BCUT2D eigenvalue weighted by atomic mass is 10.3. The van der Waals surface area contributed by atoms with E-state index in [0.29, 0.717) is 5.69 Å². The van der Waals surface area contributed by atoms with E-state index in [1.165, 1.54) is 18.4 Å². The summed E-state index contributed by atoms with van der Waals surface area (Å²) in [7, 11) is 1.37. The Hall–Kier alpha value is -2.28. The standard InChI is InChI=1S/C13H13N3O3S/c1-3-19-13(17)11(16-18-2)10-8-20-12(15-10)9-5-4-6-14-7-9/h4-8H,3H2,1-2H3/b16-11-. The van der Waals surface area contributed by atoms with Crippen molar-refractivity contribution in [3.05, 3.63) is 35.6 Å². The lowest BCUT2D eigenvalue weighted by Gasteiger charge is -2.02. The van der Waals surface area contributed by atoms with Crippen LogP contribution in [0.3, 0.4) is 0 Å². The third-order valence-corrected chi connectivity index (χ3v) is 3.20. The maximum Gasteiger partial charge on any atom is 0.362 e. The molecule has 6 nitrogen and oxygen atoms in total. The van der Waals surface area contributed by atoms with Gasteiger partial charge in [-0.05, 0) is 19.1 Å². The Morgan fingerprint density at radius 3 is 3.00 bits per heavy atom. The number of pyridine rings is 1. The minimum Gasteiger partial charge on any atom is -0.461 e. The summed E-state index contributed by atoms with van der Waals surface area (Å²) >= 11 is 1.40. The molecule has 0 aliphatic rings. The van der Waals surface area contributed by atoms with Crippen molar-refractivity contribution in [3.63, 3.8) is 0 Å². The van der Waals surface area contributed by atoms with Crippen molar-refractivity contribution in [2.75, 3.05) is 13.7 Å². The lowest BCUT2D eigenvalue weighted by Crippen LogP contribution is -2.19. The van der Waals surface area contributed by atoms with Crippen LogP contribution in [-0.2, 0) is 14.4 Å². The Morgan fingerprint density at radius 2 is 2.35 bits per heavy atom. The van der Waals surface area contributed by atoms with Gasteiger partial charge in [-0.3, -0.25) is 4.98 Å². The Bertz CT molecular complexity index is 610. The van der Waals surface area contributed by atoms with Crippen LogP contribution >= 0.6 is 11.3 Å². The normalized spacial score (nSPS) is 11.2. The van der Waals surface area contributed by atoms with E-state index in [9.17, 15) is 4.79 Å². The molecule has 0 atom stereocenters. The molecule has 20 heavy (non-hydrogen) atoms. The predicted octanol–water partition coefficient (Wildman–Crippen LogP) is 2.12. The highest BCUT2D eigenvalue weighted by Crippen LogP contribution is 2.23. The molecule has 0 amide bonds. The number of oxime groups is 1. The summed E-state index contributed by atoms with van der Waals surface area (Å²) in [6, 6.07) is 3.72. The summed E-state index contributed by atoms with van der Waals surface area (Å²) < 4.78 is 4.93. The summed E-state index contributed by atoms with van der Waals surface area (Å²) in [5.41, 5.74) is 1.36. The molecule has 2 rings (SSSR count). The molecule has 0 aromatic carbocycles. The van der Waals surface area contributed by atoms with Crippen LogP contribution in [-0.4, -0.2) is 35.4 Å². The van der Waals surface area contributed by atoms with E-state index >= 15 is 0 Å². The number of hydrogen-bond acceptors (Lipinski definition) is 7. The highest BCUT2D eigenvalue weighted by atomic mass is 32.1. The van der Waals surface area contributed by atoms with E-state index in [1.54, 1.807) is 24.7 Å². The van der Waals surface area contributed by atoms with Gasteiger partial charge in [0.05, 0.1) is 6.61 Å². The van der Waals surface area contributed by atoms with Gasteiger partial charge in [-0.2, -0.15) is 0 Å². The molecule has 0 spiro atoms. The number of carbonyl (C=O) groups excluding carboxylic acids is 1. The van der Waals surface area contributed by atoms with E-state index in [-0.39, 0.29) is 12.3 Å².